The highest BCUT2D eigenvalue weighted by Crippen LogP contribution is 2.43. The first kappa shape index (κ1) is 71.0. The fraction of sp³-hybridized carbons (Fsp3) is 0.841. The van der Waals surface area contributed by atoms with Gasteiger partial charge in [0.2, 0.25) is 0 Å². The van der Waals surface area contributed by atoms with E-state index in [0.717, 1.165) is 51.4 Å². The van der Waals surface area contributed by atoms with Gasteiger partial charge in [-0.3, -0.25) is 18.6 Å². The number of esters is 2. The third-order valence-corrected chi connectivity index (χ3v) is 14.7. The van der Waals surface area contributed by atoms with E-state index in [-0.39, 0.29) is 38.6 Å². The molecule has 2 unspecified atom stereocenters. The molecule has 0 aromatic carbocycles. The Morgan fingerprint density at radius 3 is 1.07 bits per heavy atom. The molecule has 428 valence electrons. The summed E-state index contributed by atoms with van der Waals surface area (Å²) < 4.78 is 33.1. The zero-order valence-corrected chi connectivity index (χ0v) is 48.8. The molecule has 0 fully saturated rings. The summed E-state index contributed by atoms with van der Waals surface area (Å²) in [5.74, 6) is -0.817. The summed E-state index contributed by atoms with van der Waals surface area (Å²) >= 11 is 0. The van der Waals surface area contributed by atoms with E-state index in [4.69, 9.17) is 24.3 Å². The molecule has 0 aliphatic rings. The highest BCUT2D eigenvalue weighted by molar-refractivity contribution is 7.47. The molecular formula is C63H118NO8P. The first-order chi connectivity index (χ1) is 35.8. The maximum atomic E-state index is 12.7. The van der Waals surface area contributed by atoms with Crippen molar-refractivity contribution in [3.8, 4) is 0 Å². The number of rotatable bonds is 59. The van der Waals surface area contributed by atoms with Gasteiger partial charge in [-0.05, 0) is 77.0 Å². The minimum absolute atomic E-state index is 0.0533. The van der Waals surface area contributed by atoms with Crippen LogP contribution in [-0.2, 0) is 32.7 Å². The number of phosphoric ester groups is 1. The fourth-order valence-electron chi connectivity index (χ4n) is 9.05. The highest BCUT2D eigenvalue weighted by Gasteiger charge is 2.26. The molecule has 10 heteroatoms. The minimum Gasteiger partial charge on any atom is -0.462 e. The summed E-state index contributed by atoms with van der Waals surface area (Å²) in [4.78, 5) is 35.3. The zero-order valence-electron chi connectivity index (χ0n) is 47.9. The molecule has 9 nitrogen and oxygen atoms in total. The van der Waals surface area contributed by atoms with E-state index in [9.17, 15) is 19.0 Å². The Kier molecular flexibility index (Phi) is 57.6. The normalized spacial score (nSPS) is 13.3. The van der Waals surface area contributed by atoms with Crippen LogP contribution in [0.25, 0.3) is 0 Å². The molecule has 0 bridgehead atoms. The highest BCUT2D eigenvalue weighted by atomic mass is 31.2. The SMILES string of the molecule is CCCCCCC/C=C\C/C=C\C/C=C\CCCCCCCCCCCCCCC(=O)OC(COC(=O)CCCCCCCCCCCCCCC/C=C\CCCCCCCCCC)COP(=O)(O)OCCN. The molecule has 0 rings (SSSR count). The second-order valence-corrected chi connectivity index (χ2v) is 22.4. The Balaban J connectivity index is 3.93. The number of nitrogens with two attached hydrogens (primary N) is 1. The van der Waals surface area contributed by atoms with Crippen molar-refractivity contribution >= 4 is 19.8 Å². The van der Waals surface area contributed by atoms with E-state index in [0.29, 0.717) is 6.42 Å². The van der Waals surface area contributed by atoms with Gasteiger partial charge in [0.15, 0.2) is 6.10 Å². The van der Waals surface area contributed by atoms with Gasteiger partial charge >= 0.3 is 19.8 Å². The van der Waals surface area contributed by atoms with E-state index in [1.807, 2.05) is 0 Å². The van der Waals surface area contributed by atoms with Crippen LogP contribution in [0.15, 0.2) is 48.6 Å². The van der Waals surface area contributed by atoms with Gasteiger partial charge in [0.05, 0.1) is 13.2 Å². The molecule has 0 spiro atoms. The summed E-state index contributed by atoms with van der Waals surface area (Å²) in [7, 11) is -4.39. The second-order valence-electron chi connectivity index (χ2n) is 20.9. The van der Waals surface area contributed by atoms with Gasteiger partial charge in [0, 0.05) is 19.4 Å². The number of carbonyl (C=O) groups excluding carboxylic acids is 2. The van der Waals surface area contributed by atoms with Crippen LogP contribution in [0.4, 0.5) is 0 Å². The quantitative estimate of drug-likeness (QED) is 0.0264. The third kappa shape index (κ3) is 59.1. The largest absolute Gasteiger partial charge is 0.472 e. The van der Waals surface area contributed by atoms with Crippen molar-refractivity contribution in [2.45, 2.75) is 315 Å². The van der Waals surface area contributed by atoms with Crippen molar-refractivity contribution in [1.29, 1.82) is 0 Å². The van der Waals surface area contributed by atoms with Crippen LogP contribution >= 0.6 is 7.82 Å². The molecule has 2 atom stereocenters. The molecule has 0 saturated carbocycles. The Morgan fingerprint density at radius 1 is 0.411 bits per heavy atom. The lowest BCUT2D eigenvalue weighted by atomic mass is 10.0. The van der Waals surface area contributed by atoms with Gasteiger partial charge in [0.25, 0.3) is 0 Å². The lowest BCUT2D eigenvalue weighted by Crippen LogP contribution is -2.29. The van der Waals surface area contributed by atoms with Gasteiger partial charge in [-0.1, -0.05) is 268 Å². The summed E-state index contributed by atoms with van der Waals surface area (Å²) in [6, 6.07) is 0. The van der Waals surface area contributed by atoms with Crippen molar-refractivity contribution in [2.24, 2.45) is 5.73 Å². The predicted octanol–water partition coefficient (Wildman–Crippen LogP) is 19.7. The van der Waals surface area contributed by atoms with Crippen LogP contribution in [-0.4, -0.2) is 49.3 Å². The van der Waals surface area contributed by atoms with Crippen LogP contribution in [0.1, 0.15) is 309 Å². The maximum absolute atomic E-state index is 12.7. The van der Waals surface area contributed by atoms with E-state index in [1.54, 1.807) is 0 Å². The molecule has 0 saturated heterocycles. The van der Waals surface area contributed by atoms with Gasteiger partial charge in [0.1, 0.15) is 6.61 Å². The van der Waals surface area contributed by atoms with Gasteiger partial charge < -0.3 is 20.1 Å². The summed E-state index contributed by atoms with van der Waals surface area (Å²) in [5, 5.41) is 0. The van der Waals surface area contributed by atoms with Crippen molar-refractivity contribution in [3.63, 3.8) is 0 Å². The standard InChI is InChI=1S/C63H118NO8P/c1-3-5-7-9-11-13-15-17-19-21-23-25-27-29-30-32-34-36-38-40-42-44-46-48-50-52-54-56-63(66)72-61(60-71-73(67,68)70-58-57-64)59-69-62(65)55-53-51-49-47-45-43-41-39-37-35-33-31-28-26-24-22-20-18-16-14-12-10-8-6-4-2/h15,17,21-24,27,29,61H,3-14,16,18-20,25-26,28,30-60,64H2,1-2H3,(H,67,68)/b17-15-,23-21-,24-22-,29-27-. The number of unbranched alkanes of at least 4 members (excludes halogenated alkanes) is 38. The van der Waals surface area contributed by atoms with E-state index in [2.05, 4.69) is 62.5 Å². The van der Waals surface area contributed by atoms with Crippen LogP contribution in [0, 0.1) is 0 Å². The van der Waals surface area contributed by atoms with Crippen LogP contribution in [0.3, 0.4) is 0 Å². The van der Waals surface area contributed by atoms with Crippen molar-refractivity contribution in [1.82, 2.24) is 0 Å². The first-order valence-corrected chi connectivity index (χ1v) is 32.6. The smallest absolute Gasteiger partial charge is 0.462 e. The molecular weight excluding hydrogens is 930 g/mol. The molecule has 0 heterocycles. The number of hydrogen-bond acceptors (Lipinski definition) is 8. The first-order valence-electron chi connectivity index (χ1n) is 31.1. The Hall–Kier alpha value is -2.03. The molecule has 0 aliphatic heterocycles. The number of phosphoric acid groups is 1. The Morgan fingerprint density at radius 2 is 0.712 bits per heavy atom. The minimum atomic E-state index is -4.39. The van der Waals surface area contributed by atoms with E-state index >= 15 is 0 Å². The molecule has 0 aliphatic carbocycles. The summed E-state index contributed by atoms with van der Waals surface area (Å²) in [6.07, 6.45) is 73.2. The van der Waals surface area contributed by atoms with Crippen LogP contribution in [0.5, 0.6) is 0 Å². The number of ether oxygens (including phenoxy) is 2. The third-order valence-electron chi connectivity index (χ3n) is 13.7. The van der Waals surface area contributed by atoms with E-state index < -0.39 is 26.5 Å². The van der Waals surface area contributed by atoms with Crippen LogP contribution in [0.2, 0.25) is 0 Å². The molecule has 0 radical (unpaired) electrons. The lowest BCUT2D eigenvalue weighted by molar-refractivity contribution is -0.161. The predicted molar refractivity (Wildman–Crippen MR) is 312 cm³/mol. The molecule has 0 aromatic rings. The Labute approximate surface area is 451 Å². The topological polar surface area (TPSA) is 134 Å². The summed E-state index contributed by atoms with van der Waals surface area (Å²) in [5.41, 5.74) is 5.39. The van der Waals surface area contributed by atoms with Crippen molar-refractivity contribution in [3.05, 3.63) is 48.6 Å². The molecule has 73 heavy (non-hydrogen) atoms. The maximum Gasteiger partial charge on any atom is 0.472 e. The summed E-state index contributed by atoms with van der Waals surface area (Å²) in [6.45, 7) is 3.78. The number of hydrogen-bond donors (Lipinski definition) is 2. The molecule has 0 amide bonds. The average molecular weight is 1050 g/mol. The monoisotopic (exact) mass is 1050 g/mol. The fourth-order valence-corrected chi connectivity index (χ4v) is 9.82. The van der Waals surface area contributed by atoms with E-state index in [1.165, 1.54) is 225 Å². The molecule has 0 aromatic heterocycles. The van der Waals surface area contributed by atoms with Gasteiger partial charge in [-0.15, -0.1) is 0 Å². The second kappa shape index (κ2) is 59.2. The lowest BCUT2D eigenvalue weighted by Gasteiger charge is -2.19. The Bertz CT molecular complexity index is 1330. The van der Waals surface area contributed by atoms with Crippen molar-refractivity contribution < 1.29 is 37.6 Å². The van der Waals surface area contributed by atoms with Crippen molar-refractivity contribution in [2.75, 3.05) is 26.4 Å². The zero-order chi connectivity index (χ0) is 53.1. The van der Waals surface area contributed by atoms with Crippen LogP contribution < -0.4 is 5.73 Å². The van der Waals surface area contributed by atoms with Gasteiger partial charge in [-0.2, -0.15) is 0 Å². The van der Waals surface area contributed by atoms with Gasteiger partial charge in [-0.25, -0.2) is 4.57 Å². The number of carbonyl (C=O) groups is 2. The molecule has 3 N–H and O–H groups in total. The number of allylic oxidation sites excluding steroid dienone is 8. The average Bonchev–Trinajstić information content (AvgIpc) is 3.38.